The molecule has 1 amide bonds. The van der Waals surface area contributed by atoms with E-state index in [2.05, 4.69) is 5.32 Å². The Bertz CT molecular complexity index is 872. The third-order valence-electron chi connectivity index (χ3n) is 3.77. The smallest absolute Gasteiger partial charge is 0.287 e. The summed E-state index contributed by atoms with van der Waals surface area (Å²) >= 11 is 5.85. The van der Waals surface area contributed by atoms with E-state index in [-0.39, 0.29) is 18.3 Å². The third-order valence-corrected chi connectivity index (χ3v) is 4.02. The lowest BCUT2D eigenvalue weighted by molar-refractivity contribution is 0.0919. The number of nitrogens with one attached hydrogen (secondary N) is 1. The summed E-state index contributed by atoms with van der Waals surface area (Å²) in [7, 11) is 0. The van der Waals surface area contributed by atoms with Crippen LogP contribution in [0.1, 0.15) is 28.8 Å². The van der Waals surface area contributed by atoms with Gasteiger partial charge < -0.3 is 19.2 Å². The number of carbonyl (C=O) groups is 1. The molecule has 0 bridgehead atoms. The summed E-state index contributed by atoms with van der Waals surface area (Å²) in [6, 6.07) is 18.0. The molecule has 0 atom stereocenters. The van der Waals surface area contributed by atoms with Crippen LogP contribution in [-0.4, -0.2) is 12.5 Å². The van der Waals surface area contributed by atoms with Gasteiger partial charge in [-0.1, -0.05) is 23.7 Å². The van der Waals surface area contributed by atoms with Gasteiger partial charge in [-0.2, -0.15) is 0 Å². The van der Waals surface area contributed by atoms with Crippen LogP contribution in [0.25, 0.3) is 0 Å². The number of furan rings is 1. The normalized spacial score (nSPS) is 10.4. The SMILES string of the molecule is CCOc1ccc(OCc2ccc(C(=O)NCc3ccc(Cl)cc3)o2)cc1. The van der Waals surface area contributed by atoms with Crippen LogP contribution in [0.4, 0.5) is 0 Å². The van der Waals surface area contributed by atoms with Gasteiger partial charge in [-0.3, -0.25) is 4.79 Å². The second-order valence-corrected chi connectivity index (χ2v) is 6.20. The van der Waals surface area contributed by atoms with E-state index in [1.165, 1.54) is 0 Å². The highest BCUT2D eigenvalue weighted by atomic mass is 35.5. The summed E-state index contributed by atoms with van der Waals surface area (Å²) in [6.07, 6.45) is 0. The first-order chi connectivity index (χ1) is 13.1. The summed E-state index contributed by atoms with van der Waals surface area (Å²) < 4.78 is 16.6. The molecule has 140 valence electrons. The summed E-state index contributed by atoms with van der Waals surface area (Å²) in [6.45, 7) is 3.19. The van der Waals surface area contributed by atoms with Crippen LogP contribution in [0.15, 0.2) is 65.1 Å². The van der Waals surface area contributed by atoms with Crippen LogP contribution in [0.3, 0.4) is 0 Å². The minimum absolute atomic E-state index is 0.235. The largest absolute Gasteiger partial charge is 0.494 e. The van der Waals surface area contributed by atoms with Gasteiger partial charge in [-0.15, -0.1) is 0 Å². The van der Waals surface area contributed by atoms with Crippen molar-refractivity contribution in [2.24, 2.45) is 0 Å². The van der Waals surface area contributed by atoms with Crippen molar-refractivity contribution in [1.29, 1.82) is 0 Å². The van der Waals surface area contributed by atoms with Gasteiger partial charge in [0.1, 0.15) is 23.9 Å². The molecule has 0 aliphatic rings. The fraction of sp³-hybridized carbons (Fsp3) is 0.190. The van der Waals surface area contributed by atoms with E-state index in [1.54, 1.807) is 24.3 Å². The van der Waals surface area contributed by atoms with Crippen molar-refractivity contribution in [1.82, 2.24) is 5.32 Å². The Balaban J connectivity index is 1.49. The Morgan fingerprint density at radius 1 is 0.963 bits per heavy atom. The molecule has 0 saturated carbocycles. The minimum atomic E-state index is -0.280. The summed E-state index contributed by atoms with van der Waals surface area (Å²) in [5.74, 6) is 2.03. The number of ether oxygens (including phenoxy) is 2. The van der Waals surface area contributed by atoms with Crippen molar-refractivity contribution < 1.29 is 18.7 Å². The van der Waals surface area contributed by atoms with Gasteiger partial charge in [0.2, 0.25) is 0 Å². The second-order valence-electron chi connectivity index (χ2n) is 5.77. The molecule has 27 heavy (non-hydrogen) atoms. The molecule has 0 unspecified atom stereocenters. The molecular formula is C21H20ClNO4. The number of rotatable bonds is 8. The van der Waals surface area contributed by atoms with Crippen LogP contribution in [-0.2, 0) is 13.2 Å². The van der Waals surface area contributed by atoms with Gasteiger partial charge in [0, 0.05) is 11.6 Å². The van der Waals surface area contributed by atoms with Crippen LogP contribution >= 0.6 is 11.6 Å². The zero-order valence-corrected chi connectivity index (χ0v) is 15.7. The van der Waals surface area contributed by atoms with Crippen molar-refractivity contribution in [3.63, 3.8) is 0 Å². The van der Waals surface area contributed by atoms with E-state index in [9.17, 15) is 4.79 Å². The van der Waals surface area contributed by atoms with E-state index >= 15 is 0 Å². The molecule has 0 aliphatic carbocycles. The predicted molar refractivity (Wildman–Crippen MR) is 103 cm³/mol. The fourth-order valence-corrected chi connectivity index (χ4v) is 2.53. The van der Waals surface area contributed by atoms with E-state index in [0.717, 1.165) is 11.3 Å². The first-order valence-corrected chi connectivity index (χ1v) is 8.99. The molecular weight excluding hydrogens is 366 g/mol. The molecule has 1 N–H and O–H groups in total. The molecule has 0 spiro atoms. The number of hydrogen-bond donors (Lipinski definition) is 1. The molecule has 3 aromatic rings. The standard InChI is InChI=1S/C21H20ClNO4/c1-2-25-17-7-9-18(10-8-17)26-14-19-11-12-20(27-19)21(24)23-13-15-3-5-16(22)6-4-15/h3-12H,2,13-14H2,1H3,(H,23,24). The second kappa shape index (κ2) is 9.14. The maximum atomic E-state index is 12.2. The zero-order chi connectivity index (χ0) is 19.1. The molecule has 1 heterocycles. The Kier molecular flexibility index (Phi) is 6.39. The van der Waals surface area contributed by atoms with Crippen molar-refractivity contribution in [3.8, 4) is 11.5 Å². The van der Waals surface area contributed by atoms with Gasteiger partial charge in [0.05, 0.1) is 6.61 Å². The third kappa shape index (κ3) is 5.53. The van der Waals surface area contributed by atoms with Crippen molar-refractivity contribution in [3.05, 3.63) is 82.8 Å². The maximum Gasteiger partial charge on any atom is 0.287 e. The lowest BCUT2D eigenvalue weighted by Crippen LogP contribution is -2.22. The van der Waals surface area contributed by atoms with Gasteiger partial charge in [0.25, 0.3) is 5.91 Å². The Morgan fingerprint density at radius 2 is 1.63 bits per heavy atom. The topological polar surface area (TPSA) is 60.7 Å². The van der Waals surface area contributed by atoms with Gasteiger partial charge >= 0.3 is 0 Å². The van der Waals surface area contributed by atoms with E-state index < -0.39 is 0 Å². The first-order valence-electron chi connectivity index (χ1n) is 8.61. The molecule has 6 heteroatoms. The zero-order valence-electron chi connectivity index (χ0n) is 14.9. The molecule has 0 aliphatic heterocycles. The lowest BCUT2D eigenvalue weighted by atomic mass is 10.2. The molecule has 5 nitrogen and oxygen atoms in total. The van der Waals surface area contributed by atoms with Crippen LogP contribution in [0, 0.1) is 0 Å². The molecule has 0 fully saturated rings. The van der Waals surface area contributed by atoms with Crippen molar-refractivity contribution in [2.45, 2.75) is 20.1 Å². The molecule has 0 saturated heterocycles. The predicted octanol–water partition coefficient (Wildman–Crippen LogP) is 4.84. The molecule has 3 rings (SSSR count). The summed E-state index contributed by atoms with van der Waals surface area (Å²) in [5.41, 5.74) is 0.957. The van der Waals surface area contributed by atoms with Crippen LogP contribution in [0.2, 0.25) is 5.02 Å². The van der Waals surface area contributed by atoms with E-state index in [0.29, 0.717) is 29.7 Å². The summed E-state index contributed by atoms with van der Waals surface area (Å²) in [4.78, 5) is 12.2. The average Bonchev–Trinajstić information content (AvgIpc) is 3.16. The molecule has 2 aromatic carbocycles. The first kappa shape index (κ1) is 18.9. The van der Waals surface area contributed by atoms with Crippen molar-refractivity contribution in [2.75, 3.05) is 6.61 Å². The average molecular weight is 386 g/mol. The Morgan fingerprint density at radius 3 is 2.30 bits per heavy atom. The number of halogens is 1. The van der Waals surface area contributed by atoms with E-state index in [1.807, 2.05) is 43.3 Å². The number of hydrogen-bond acceptors (Lipinski definition) is 4. The van der Waals surface area contributed by atoms with Gasteiger partial charge in [0.15, 0.2) is 5.76 Å². The maximum absolute atomic E-state index is 12.2. The fourth-order valence-electron chi connectivity index (χ4n) is 2.40. The molecule has 0 radical (unpaired) electrons. The number of benzene rings is 2. The van der Waals surface area contributed by atoms with Gasteiger partial charge in [-0.05, 0) is 61.0 Å². The Labute approximate surface area is 162 Å². The van der Waals surface area contributed by atoms with Crippen LogP contribution in [0.5, 0.6) is 11.5 Å². The Hall–Kier alpha value is -2.92. The number of carbonyl (C=O) groups excluding carboxylic acids is 1. The minimum Gasteiger partial charge on any atom is -0.494 e. The highest BCUT2D eigenvalue weighted by Crippen LogP contribution is 2.19. The monoisotopic (exact) mass is 385 g/mol. The van der Waals surface area contributed by atoms with Gasteiger partial charge in [-0.25, -0.2) is 0 Å². The van der Waals surface area contributed by atoms with E-state index in [4.69, 9.17) is 25.5 Å². The highest BCUT2D eigenvalue weighted by molar-refractivity contribution is 6.30. The molecule has 1 aromatic heterocycles. The quantitative estimate of drug-likeness (QED) is 0.602. The highest BCUT2D eigenvalue weighted by Gasteiger charge is 2.11. The van der Waals surface area contributed by atoms with Crippen molar-refractivity contribution >= 4 is 17.5 Å². The van der Waals surface area contributed by atoms with Crippen LogP contribution < -0.4 is 14.8 Å². The number of amides is 1. The lowest BCUT2D eigenvalue weighted by Gasteiger charge is -2.06. The summed E-state index contributed by atoms with van der Waals surface area (Å²) in [5, 5.41) is 3.47.